The van der Waals surface area contributed by atoms with E-state index < -0.39 is 0 Å². The number of imidazole rings is 1. The van der Waals surface area contributed by atoms with Gasteiger partial charge in [-0.15, -0.1) is 0 Å². The van der Waals surface area contributed by atoms with Gasteiger partial charge < -0.3 is 16.0 Å². The van der Waals surface area contributed by atoms with Crippen LogP contribution in [0, 0.1) is 0 Å². The first kappa shape index (κ1) is 19.0. The number of H-pyrrole nitrogens is 1. The summed E-state index contributed by atoms with van der Waals surface area (Å²) in [5.74, 6) is 1.92. The molecule has 2 aromatic carbocycles. The molecule has 6 rings (SSSR count). The zero-order valence-electron chi connectivity index (χ0n) is 17.8. The van der Waals surface area contributed by atoms with Crippen LogP contribution in [0.15, 0.2) is 60.9 Å². The molecule has 0 amide bonds. The van der Waals surface area contributed by atoms with E-state index in [2.05, 4.69) is 68.9 Å². The molecule has 1 saturated heterocycles. The van der Waals surface area contributed by atoms with Crippen LogP contribution in [0.5, 0.6) is 0 Å². The van der Waals surface area contributed by atoms with E-state index in [1.807, 2.05) is 10.6 Å². The Morgan fingerprint density at radius 3 is 2.72 bits per heavy atom. The van der Waals surface area contributed by atoms with Gasteiger partial charge in [-0.05, 0) is 55.3 Å². The van der Waals surface area contributed by atoms with E-state index in [9.17, 15) is 0 Å². The van der Waals surface area contributed by atoms with Crippen molar-refractivity contribution in [3.8, 4) is 11.1 Å². The fourth-order valence-electron chi connectivity index (χ4n) is 4.82. The summed E-state index contributed by atoms with van der Waals surface area (Å²) in [6.07, 6.45) is 4.51. The van der Waals surface area contributed by atoms with Gasteiger partial charge in [-0.3, -0.25) is 0 Å². The van der Waals surface area contributed by atoms with Crippen molar-refractivity contribution in [2.75, 3.05) is 18.8 Å². The second kappa shape index (κ2) is 7.76. The molecule has 32 heavy (non-hydrogen) atoms. The Balaban J connectivity index is 1.43. The minimum atomic E-state index is 0.458. The van der Waals surface area contributed by atoms with Crippen LogP contribution in [0.4, 0.5) is 5.82 Å². The van der Waals surface area contributed by atoms with E-state index in [0.29, 0.717) is 11.7 Å². The minimum absolute atomic E-state index is 0.458. The van der Waals surface area contributed by atoms with Crippen molar-refractivity contribution in [1.29, 1.82) is 0 Å². The van der Waals surface area contributed by atoms with E-state index in [1.54, 1.807) is 6.33 Å². The highest BCUT2D eigenvalue weighted by Gasteiger charge is 2.23. The Hall–Kier alpha value is -3.71. The highest BCUT2D eigenvalue weighted by atomic mass is 15.3. The zero-order valence-corrected chi connectivity index (χ0v) is 17.8. The molecule has 5 aromatic rings. The van der Waals surface area contributed by atoms with E-state index in [1.165, 1.54) is 11.3 Å². The Morgan fingerprint density at radius 2 is 1.88 bits per heavy atom. The molecule has 7 heteroatoms. The molecule has 0 bridgehead atoms. The third-order valence-electron chi connectivity index (χ3n) is 6.42. The monoisotopic (exact) mass is 423 g/mol. The van der Waals surface area contributed by atoms with Crippen LogP contribution in [0.3, 0.4) is 0 Å². The number of nitrogens with one attached hydrogen (secondary N) is 2. The molecule has 0 spiro atoms. The Morgan fingerprint density at radius 1 is 1.03 bits per heavy atom. The zero-order chi connectivity index (χ0) is 21.5. The highest BCUT2D eigenvalue weighted by Crippen LogP contribution is 2.36. The third kappa shape index (κ3) is 3.31. The van der Waals surface area contributed by atoms with Crippen molar-refractivity contribution < 1.29 is 0 Å². The van der Waals surface area contributed by atoms with Crippen LogP contribution in [-0.4, -0.2) is 37.7 Å². The molecule has 0 aliphatic carbocycles. The van der Waals surface area contributed by atoms with Crippen LogP contribution >= 0.6 is 0 Å². The van der Waals surface area contributed by atoms with Gasteiger partial charge >= 0.3 is 0 Å². The average Bonchev–Trinajstić information content (AvgIpc) is 3.41. The van der Waals surface area contributed by atoms with Gasteiger partial charge in [-0.25, -0.2) is 14.5 Å². The minimum Gasteiger partial charge on any atom is -0.382 e. The number of benzene rings is 2. The van der Waals surface area contributed by atoms with E-state index in [-0.39, 0.29) is 0 Å². The summed E-state index contributed by atoms with van der Waals surface area (Å²) in [5.41, 5.74) is 13.8. The molecule has 0 atom stereocenters. The predicted octanol–water partition coefficient (Wildman–Crippen LogP) is 3.91. The van der Waals surface area contributed by atoms with Gasteiger partial charge in [0.2, 0.25) is 0 Å². The van der Waals surface area contributed by atoms with Crippen molar-refractivity contribution in [2.45, 2.75) is 25.2 Å². The number of aromatic nitrogens is 5. The number of aromatic amines is 1. The van der Waals surface area contributed by atoms with Gasteiger partial charge in [0.15, 0.2) is 5.82 Å². The third-order valence-corrected chi connectivity index (χ3v) is 6.42. The lowest BCUT2D eigenvalue weighted by molar-refractivity contribution is 0.448. The van der Waals surface area contributed by atoms with E-state index >= 15 is 0 Å². The molecule has 0 radical (unpaired) electrons. The number of hydrogen-bond donors (Lipinski definition) is 3. The van der Waals surface area contributed by atoms with Gasteiger partial charge in [-0.1, -0.05) is 36.4 Å². The molecule has 0 saturated carbocycles. The van der Waals surface area contributed by atoms with E-state index in [0.717, 1.165) is 65.9 Å². The lowest BCUT2D eigenvalue weighted by atomic mass is 9.94. The molecule has 1 aliphatic rings. The van der Waals surface area contributed by atoms with Crippen molar-refractivity contribution in [3.63, 3.8) is 0 Å². The summed E-state index contributed by atoms with van der Waals surface area (Å²) in [7, 11) is 0. The molecule has 0 unspecified atom stereocenters. The molecule has 7 nitrogen and oxygen atoms in total. The maximum Gasteiger partial charge on any atom is 0.151 e. The second-order valence-corrected chi connectivity index (χ2v) is 8.49. The highest BCUT2D eigenvalue weighted by molar-refractivity contribution is 5.92. The summed E-state index contributed by atoms with van der Waals surface area (Å²) in [4.78, 5) is 12.6. The topological polar surface area (TPSA) is 96.9 Å². The average molecular weight is 424 g/mol. The molecule has 160 valence electrons. The molecule has 1 aliphatic heterocycles. The lowest BCUT2D eigenvalue weighted by Crippen LogP contribution is -2.27. The number of nitrogens with zero attached hydrogens (tertiary/aromatic N) is 4. The first-order valence-electron chi connectivity index (χ1n) is 11.1. The molecule has 3 aromatic heterocycles. The summed E-state index contributed by atoms with van der Waals surface area (Å²) < 4.78 is 1.99. The van der Waals surface area contributed by atoms with Crippen molar-refractivity contribution in [1.82, 2.24) is 29.9 Å². The Bertz CT molecular complexity index is 1390. The standard InChI is InChI=1S/C25H25N7/c26-25-24-19(14-22(32(24)29-15-28-25)17-8-10-27-11-9-17)18-6-7-20-21(13-18)31-23(30-20)12-16-4-2-1-3-5-16/h1-7,13-15,17,27H,8-12H2,(H,30,31)(H2,26,28,29). The van der Waals surface area contributed by atoms with Crippen molar-refractivity contribution >= 4 is 22.4 Å². The summed E-state index contributed by atoms with van der Waals surface area (Å²) in [5, 5.41) is 8.01. The largest absolute Gasteiger partial charge is 0.382 e. The van der Waals surface area contributed by atoms with Crippen LogP contribution < -0.4 is 11.1 Å². The van der Waals surface area contributed by atoms with Crippen LogP contribution in [0.25, 0.3) is 27.7 Å². The number of hydrogen-bond acceptors (Lipinski definition) is 5. The fraction of sp³-hybridized carbons (Fsp3) is 0.240. The molecular formula is C25H25N7. The lowest BCUT2D eigenvalue weighted by Gasteiger charge is -2.22. The fourth-order valence-corrected chi connectivity index (χ4v) is 4.82. The maximum absolute atomic E-state index is 6.34. The number of piperidine rings is 1. The van der Waals surface area contributed by atoms with Crippen molar-refractivity contribution in [2.24, 2.45) is 0 Å². The summed E-state index contributed by atoms with van der Waals surface area (Å²) in [6.45, 7) is 2.05. The number of rotatable bonds is 4. The number of anilines is 1. The Labute approximate surface area is 185 Å². The van der Waals surface area contributed by atoms with Gasteiger partial charge in [0, 0.05) is 23.6 Å². The van der Waals surface area contributed by atoms with Crippen molar-refractivity contribution in [3.05, 3.63) is 78.0 Å². The summed E-state index contributed by atoms with van der Waals surface area (Å²) in [6, 6.07) is 19.0. The SMILES string of the molecule is Nc1ncnn2c(C3CCNCC3)cc(-c3ccc4nc(Cc5ccccc5)[nH]c4c3)c12. The predicted molar refractivity (Wildman–Crippen MR) is 127 cm³/mol. The number of nitrogens with two attached hydrogens (primary N) is 1. The van der Waals surface area contributed by atoms with Gasteiger partial charge in [0.25, 0.3) is 0 Å². The number of nitrogen functional groups attached to an aromatic ring is 1. The molecule has 4 N–H and O–H groups in total. The second-order valence-electron chi connectivity index (χ2n) is 8.49. The first-order chi connectivity index (χ1) is 15.8. The normalized spacial score (nSPS) is 15.0. The number of fused-ring (bicyclic) bond motifs is 2. The molecular weight excluding hydrogens is 398 g/mol. The van der Waals surface area contributed by atoms with Gasteiger partial charge in [0.05, 0.1) is 11.0 Å². The van der Waals surface area contributed by atoms with Crippen LogP contribution in [-0.2, 0) is 6.42 Å². The first-order valence-corrected chi connectivity index (χ1v) is 11.1. The van der Waals surface area contributed by atoms with E-state index in [4.69, 9.17) is 10.7 Å². The molecule has 1 fully saturated rings. The quantitative estimate of drug-likeness (QED) is 0.407. The maximum atomic E-state index is 6.34. The Kier molecular flexibility index (Phi) is 4.61. The summed E-state index contributed by atoms with van der Waals surface area (Å²) >= 11 is 0. The molecule has 4 heterocycles. The van der Waals surface area contributed by atoms with Gasteiger partial charge in [0.1, 0.15) is 17.7 Å². The smallest absolute Gasteiger partial charge is 0.151 e. The van der Waals surface area contributed by atoms with Crippen LogP contribution in [0.2, 0.25) is 0 Å². The van der Waals surface area contributed by atoms with Crippen LogP contribution in [0.1, 0.15) is 35.8 Å². The van der Waals surface area contributed by atoms with Gasteiger partial charge in [-0.2, -0.15) is 5.10 Å².